The summed E-state index contributed by atoms with van der Waals surface area (Å²) in [7, 11) is 0. The van der Waals surface area contributed by atoms with Crippen molar-refractivity contribution < 1.29 is 4.79 Å². The zero-order chi connectivity index (χ0) is 20.5. The van der Waals surface area contributed by atoms with E-state index in [-0.39, 0.29) is 6.03 Å². The normalized spacial score (nSPS) is 10.3. The molecular formula is C23H27N5O. The number of carbonyl (C=O) groups is 1. The summed E-state index contributed by atoms with van der Waals surface area (Å²) in [5.74, 6) is 1.17. The highest BCUT2D eigenvalue weighted by atomic mass is 16.2. The first-order chi connectivity index (χ1) is 14.1. The molecule has 150 valence electrons. The van der Waals surface area contributed by atoms with Crippen LogP contribution in [0.4, 0.5) is 27.8 Å². The van der Waals surface area contributed by atoms with Crippen LogP contribution in [0.1, 0.15) is 12.5 Å². The molecule has 0 aliphatic heterocycles. The third kappa shape index (κ3) is 6.24. The molecule has 0 atom stereocenters. The summed E-state index contributed by atoms with van der Waals surface area (Å²) in [4.78, 5) is 18.9. The molecule has 0 aliphatic rings. The number of aryl methyl sites for hydroxylation is 1. The molecule has 0 saturated heterocycles. The lowest BCUT2D eigenvalue weighted by Crippen LogP contribution is -2.37. The first-order valence-corrected chi connectivity index (χ1v) is 9.79. The van der Waals surface area contributed by atoms with E-state index in [1.165, 1.54) is 5.56 Å². The number of benzene rings is 2. The number of hydrogen-bond donors (Lipinski definition) is 3. The number of carbonyl (C=O) groups excluding carboxylic acids is 1. The van der Waals surface area contributed by atoms with Crippen LogP contribution in [0.25, 0.3) is 0 Å². The first-order valence-electron chi connectivity index (χ1n) is 9.79. The minimum Gasteiger partial charge on any atom is -0.370 e. The van der Waals surface area contributed by atoms with Crippen LogP contribution in [-0.4, -0.2) is 30.6 Å². The van der Waals surface area contributed by atoms with Crippen molar-refractivity contribution in [3.8, 4) is 0 Å². The number of nitrogens with one attached hydrogen (secondary N) is 3. The third-order valence-electron chi connectivity index (χ3n) is 4.45. The van der Waals surface area contributed by atoms with E-state index >= 15 is 0 Å². The summed E-state index contributed by atoms with van der Waals surface area (Å²) in [6.45, 7) is 6.34. The van der Waals surface area contributed by atoms with E-state index in [4.69, 9.17) is 0 Å². The van der Waals surface area contributed by atoms with Gasteiger partial charge < -0.3 is 15.5 Å². The Morgan fingerprint density at radius 1 is 0.966 bits per heavy atom. The Morgan fingerprint density at radius 3 is 2.48 bits per heavy atom. The maximum atomic E-state index is 12.2. The van der Waals surface area contributed by atoms with Crippen LogP contribution in [0.5, 0.6) is 0 Å². The van der Waals surface area contributed by atoms with Gasteiger partial charge in [-0.25, -0.2) is 9.78 Å². The van der Waals surface area contributed by atoms with E-state index in [0.717, 1.165) is 24.5 Å². The van der Waals surface area contributed by atoms with Gasteiger partial charge in [0.2, 0.25) is 0 Å². The maximum Gasteiger partial charge on any atom is 0.320 e. The zero-order valence-corrected chi connectivity index (χ0v) is 16.9. The van der Waals surface area contributed by atoms with E-state index in [1.807, 2.05) is 42.5 Å². The average molecular weight is 390 g/mol. The molecule has 2 amide bonds. The molecule has 0 saturated carbocycles. The lowest BCUT2D eigenvalue weighted by Gasteiger charge is -2.23. The number of amides is 2. The summed E-state index contributed by atoms with van der Waals surface area (Å²) in [5, 5.41) is 8.90. The van der Waals surface area contributed by atoms with Gasteiger partial charge in [0.05, 0.1) is 0 Å². The van der Waals surface area contributed by atoms with Gasteiger partial charge in [-0.3, -0.25) is 5.32 Å². The number of pyridine rings is 1. The predicted octanol–water partition coefficient (Wildman–Crippen LogP) is 4.78. The molecule has 0 fully saturated rings. The smallest absolute Gasteiger partial charge is 0.320 e. The SMILES string of the molecule is CCN(CCNC(=O)Nc1cccc(Nc2ccccc2)n1)c1cccc(C)c1. The van der Waals surface area contributed by atoms with Crippen LogP contribution in [0.3, 0.4) is 0 Å². The maximum absolute atomic E-state index is 12.2. The summed E-state index contributed by atoms with van der Waals surface area (Å²) in [6.07, 6.45) is 0. The van der Waals surface area contributed by atoms with Gasteiger partial charge in [-0.05, 0) is 55.8 Å². The molecule has 2 aromatic carbocycles. The lowest BCUT2D eigenvalue weighted by molar-refractivity contribution is 0.252. The van der Waals surface area contributed by atoms with Gasteiger partial charge in [0.1, 0.15) is 11.6 Å². The van der Waals surface area contributed by atoms with E-state index in [0.29, 0.717) is 18.2 Å². The molecule has 3 N–H and O–H groups in total. The van der Waals surface area contributed by atoms with Crippen molar-refractivity contribution in [3.05, 3.63) is 78.4 Å². The Labute approximate surface area is 172 Å². The minimum absolute atomic E-state index is 0.269. The summed E-state index contributed by atoms with van der Waals surface area (Å²) in [5.41, 5.74) is 3.33. The van der Waals surface area contributed by atoms with Crippen molar-refractivity contribution in [2.75, 3.05) is 35.2 Å². The summed E-state index contributed by atoms with van der Waals surface area (Å²) >= 11 is 0. The van der Waals surface area contributed by atoms with Crippen LogP contribution in [-0.2, 0) is 0 Å². The number of para-hydroxylation sites is 1. The van der Waals surface area contributed by atoms with Crippen molar-refractivity contribution in [2.45, 2.75) is 13.8 Å². The second-order valence-corrected chi connectivity index (χ2v) is 6.70. The number of anilines is 4. The standard InChI is InChI=1S/C23H27N5O/c1-3-28(20-12-7-9-18(2)17-20)16-15-24-23(29)27-22-14-8-13-21(26-22)25-19-10-5-4-6-11-19/h4-14,17H,3,15-16H2,1-2H3,(H3,24,25,26,27,29). The first kappa shape index (κ1) is 20.2. The molecule has 3 aromatic rings. The number of likely N-dealkylation sites (N-methyl/N-ethyl adjacent to an activating group) is 1. The van der Waals surface area contributed by atoms with Crippen molar-refractivity contribution in [1.82, 2.24) is 10.3 Å². The van der Waals surface area contributed by atoms with Crippen molar-refractivity contribution in [2.24, 2.45) is 0 Å². The lowest BCUT2D eigenvalue weighted by atomic mass is 10.2. The number of nitrogens with zero attached hydrogens (tertiary/aromatic N) is 2. The molecule has 1 heterocycles. The highest BCUT2D eigenvalue weighted by Gasteiger charge is 2.07. The second-order valence-electron chi connectivity index (χ2n) is 6.70. The Balaban J connectivity index is 1.49. The third-order valence-corrected chi connectivity index (χ3v) is 4.45. The highest BCUT2D eigenvalue weighted by molar-refractivity contribution is 5.88. The van der Waals surface area contributed by atoms with Gasteiger partial charge in [0.25, 0.3) is 0 Å². The quantitative estimate of drug-likeness (QED) is 0.518. The number of hydrogen-bond acceptors (Lipinski definition) is 4. The van der Waals surface area contributed by atoms with Gasteiger partial charge in [0.15, 0.2) is 0 Å². The van der Waals surface area contributed by atoms with Crippen LogP contribution < -0.4 is 20.9 Å². The molecule has 3 rings (SSSR count). The van der Waals surface area contributed by atoms with Crippen LogP contribution >= 0.6 is 0 Å². The van der Waals surface area contributed by atoms with Crippen molar-refractivity contribution in [1.29, 1.82) is 0 Å². The molecule has 0 aliphatic carbocycles. The van der Waals surface area contributed by atoms with Gasteiger partial charge >= 0.3 is 6.03 Å². The van der Waals surface area contributed by atoms with Crippen LogP contribution in [0.2, 0.25) is 0 Å². The molecule has 0 bridgehead atoms. The molecule has 6 heteroatoms. The van der Waals surface area contributed by atoms with Crippen molar-refractivity contribution in [3.63, 3.8) is 0 Å². The largest absolute Gasteiger partial charge is 0.370 e. The van der Waals surface area contributed by atoms with Crippen molar-refractivity contribution >= 4 is 29.0 Å². The Kier molecular flexibility index (Phi) is 7.05. The highest BCUT2D eigenvalue weighted by Crippen LogP contribution is 2.16. The number of rotatable bonds is 8. The fourth-order valence-corrected chi connectivity index (χ4v) is 3.00. The van der Waals surface area contributed by atoms with Crippen LogP contribution in [0, 0.1) is 6.92 Å². The topological polar surface area (TPSA) is 69.3 Å². The predicted molar refractivity (Wildman–Crippen MR) is 120 cm³/mol. The van der Waals surface area contributed by atoms with E-state index in [2.05, 4.69) is 63.9 Å². The Morgan fingerprint density at radius 2 is 1.72 bits per heavy atom. The fourth-order valence-electron chi connectivity index (χ4n) is 3.00. The summed E-state index contributed by atoms with van der Waals surface area (Å²) < 4.78 is 0. The fraction of sp³-hybridized carbons (Fsp3) is 0.217. The molecular weight excluding hydrogens is 362 g/mol. The van der Waals surface area contributed by atoms with E-state index in [1.54, 1.807) is 6.07 Å². The molecule has 0 unspecified atom stereocenters. The van der Waals surface area contributed by atoms with Gasteiger partial charge in [-0.2, -0.15) is 0 Å². The average Bonchev–Trinajstić information content (AvgIpc) is 2.72. The minimum atomic E-state index is -0.269. The Bertz CT molecular complexity index is 929. The molecule has 0 spiro atoms. The van der Waals surface area contributed by atoms with E-state index in [9.17, 15) is 4.79 Å². The van der Waals surface area contributed by atoms with Gasteiger partial charge in [-0.15, -0.1) is 0 Å². The molecule has 29 heavy (non-hydrogen) atoms. The number of urea groups is 1. The zero-order valence-electron chi connectivity index (χ0n) is 16.9. The number of aromatic nitrogens is 1. The van der Waals surface area contributed by atoms with Gasteiger partial charge in [-0.1, -0.05) is 36.4 Å². The second kappa shape index (κ2) is 10.1. The molecule has 6 nitrogen and oxygen atoms in total. The molecule has 0 radical (unpaired) electrons. The van der Waals surface area contributed by atoms with E-state index < -0.39 is 0 Å². The van der Waals surface area contributed by atoms with Crippen LogP contribution in [0.15, 0.2) is 72.8 Å². The monoisotopic (exact) mass is 389 g/mol. The molecule has 1 aromatic heterocycles. The Hall–Kier alpha value is -3.54. The summed E-state index contributed by atoms with van der Waals surface area (Å²) in [6, 6.07) is 23.4. The van der Waals surface area contributed by atoms with Gasteiger partial charge in [0, 0.05) is 31.0 Å².